The average Bonchev–Trinajstić information content (AvgIpc) is 3.07. The third-order valence-electron chi connectivity index (χ3n) is 6.04. The topological polar surface area (TPSA) is 69.7 Å². The molecule has 1 saturated heterocycles. The summed E-state index contributed by atoms with van der Waals surface area (Å²) in [7, 11) is 0. The van der Waals surface area contributed by atoms with Crippen LogP contribution in [0.25, 0.3) is 0 Å². The van der Waals surface area contributed by atoms with Gasteiger partial charge in [0.2, 0.25) is 5.91 Å². The first-order valence-corrected chi connectivity index (χ1v) is 10.8. The number of urea groups is 1. The van der Waals surface area contributed by atoms with E-state index in [1.54, 1.807) is 4.90 Å². The third kappa shape index (κ3) is 3.74. The Labute approximate surface area is 182 Å². The molecule has 6 nitrogen and oxygen atoms in total. The molecule has 2 aromatic rings. The standard InChI is InChI=1S/C25H27N3O3/c1-2-27(21-16-10-5-11-17-21)22(29)18-28-23(30)25(26-24(28)31,19-12-6-3-7-13-19)20-14-8-4-9-15-20/h3-4,6-9,12-16H,2,5,10-11,17-18H2,1H3,(H,26,31). The van der Waals surface area contributed by atoms with Gasteiger partial charge in [0.25, 0.3) is 5.91 Å². The van der Waals surface area contributed by atoms with E-state index in [1.807, 2.05) is 67.6 Å². The van der Waals surface area contributed by atoms with E-state index in [4.69, 9.17) is 0 Å². The summed E-state index contributed by atoms with van der Waals surface area (Å²) < 4.78 is 0. The van der Waals surface area contributed by atoms with E-state index in [2.05, 4.69) is 11.4 Å². The molecular weight excluding hydrogens is 390 g/mol. The molecule has 0 atom stereocenters. The van der Waals surface area contributed by atoms with Crippen LogP contribution in [0.15, 0.2) is 72.4 Å². The summed E-state index contributed by atoms with van der Waals surface area (Å²) >= 11 is 0. The second kappa shape index (κ2) is 8.76. The van der Waals surface area contributed by atoms with Crippen LogP contribution in [0.2, 0.25) is 0 Å². The van der Waals surface area contributed by atoms with Crippen LogP contribution in [0.5, 0.6) is 0 Å². The number of likely N-dealkylation sites (N-methyl/N-ethyl adjacent to an activating group) is 1. The van der Waals surface area contributed by atoms with Crippen LogP contribution in [0.4, 0.5) is 4.79 Å². The highest BCUT2D eigenvalue weighted by Gasteiger charge is 2.54. The first-order chi connectivity index (χ1) is 15.1. The fourth-order valence-corrected chi connectivity index (χ4v) is 4.48. The van der Waals surface area contributed by atoms with E-state index < -0.39 is 17.5 Å². The minimum Gasteiger partial charge on any atom is -0.315 e. The molecule has 0 radical (unpaired) electrons. The molecule has 0 bridgehead atoms. The van der Waals surface area contributed by atoms with Crippen molar-refractivity contribution in [3.05, 3.63) is 83.6 Å². The van der Waals surface area contributed by atoms with Gasteiger partial charge in [-0.3, -0.25) is 14.5 Å². The van der Waals surface area contributed by atoms with Crippen molar-refractivity contribution in [3.63, 3.8) is 0 Å². The van der Waals surface area contributed by atoms with Gasteiger partial charge in [0.15, 0.2) is 5.54 Å². The summed E-state index contributed by atoms with van der Waals surface area (Å²) in [6, 6.07) is 17.8. The fraction of sp³-hybridized carbons (Fsp3) is 0.320. The molecule has 4 rings (SSSR count). The predicted molar refractivity (Wildman–Crippen MR) is 118 cm³/mol. The molecule has 1 heterocycles. The molecule has 0 unspecified atom stereocenters. The Bertz CT molecular complexity index is 962. The number of rotatable bonds is 6. The highest BCUT2D eigenvalue weighted by atomic mass is 16.2. The SMILES string of the molecule is CCN(C(=O)CN1C(=O)NC(c2ccccc2)(c2ccccc2)C1=O)C1=CCCCC1. The van der Waals surface area contributed by atoms with Crippen molar-refractivity contribution in [2.75, 3.05) is 13.1 Å². The fourth-order valence-electron chi connectivity index (χ4n) is 4.48. The highest BCUT2D eigenvalue weighted by molar-refractivity contribution is 6.11. The summed E-state index contributed by atoms with van der Waals surface area (Å²) in [5, 5.41) is 2.89. The van der Waals surface area contributed by atoms with Crippen molar-refractivity contribution in [1.29, 1.82) is 0 Å². The number of hydrogen-bond donors (Lipinski definition) is 1. The Morgan fingerprint density at radius 1 is 1.00 bits per heavy atom. The molecule has 1 N–H and O–H groups in total. The smallest absolute Gasteiger partial charge is 0.315 e. The summed E-state index contributed by atoms with van der Waals surface area (Å²) in [4.78, 5) is 42.6. The zero-order valence-corrected chi connectivity index (χ0v) is 17.7. The van der Waals surface area contributed by atoms with Crippen molar-refractivity contribution < 1.29 is 14.4 Å². The zero-order valence-electron chi connectivity index (χ0n) is 17.7. The van der Waals surface area contributed by atoms with E-state index >= 15 is 0 Å². The number of nitrogens with one attached hydrogen (secondary N) is 1. The van der Waals surface area contributed by atoms with Gasteiger partial charge in [-0.1, -0.05) is 66.7 Å². The maximum atomic E-state index is 13.7. The van der Waals surface area contributed by atoms with Crippen LogP contribution < -0.4 is 5.32 Å². The molecule has 6 heteroatoms. The van der Waals surface area contributed by atoms with Crippen LogP contribution >= 0.6 is 0 Å². The van der Waals surface area contributed by atoms with Gasteiger partial charge in [-0.2, -0.15) is 0 Å². The largest absolute Gasteiger partial charge is 0.326 e. The molecule has 1 aliphatic heterocycles. The van der Waals surface area contributed by atoms with E-state index in [-0.39, 0.29) is 12.5 Å². The van der Waals surface area contributed by atoms with Crippen molar-refractivity contribution >= 4 is 17.8 Å². The molecule has 160 valence electrons. The Kier molecular flexibility index (Phi) is 5.89. The lowest BCUT2D eigenvalue weighted by Gasteiger charge is -2.29. The lowest BCUT2D eigenvalue weighted by atomic mass is 9.82. The Morgan fingerprint density at radius 2 is 1.61 bits per heavy atom. The Hall–Kier alpha value is -3.41. The number of hydrogen-bond acceptors (Lipinski definition) is 3. The second-order valence-electron chi connectivity index (χ2n) is 7.88. The molecule has 0 spiro atoms. The number of amides is 4. The Morgan fingerprint density at radius 3 is 2.13 bits per heavy atom. The second-order valence-corrected chi connectivity index (χ2v) is 7.88. The van der Waals surface area contributed by atoms with Crippen molar-refractivity contribution in [2.24, 2.45) is 0 Å². The molecule has 0 saturated carbocycles. The van der Waals surface area contributed by atoms with Gasteiger partial charge < -0.3 is 10.2 Å². The predicted octanol–water partition coefficient (Wildman–Crippen LogP) is 3.79. The van der Waals surface area contributed by atoms with E-state index in [1.165, 1.54) is 0 Å². The van der Waals surface area contributed by atoms with Gasteiger partial charge in [-0.15, -0.1) is 0 Å². The minimum atomic E-state index is -1.35. The van der Waals surface area contributed by atoms with Gasteiger partial charge in [-0.05, 0) is 43.7 Å². The van der Waals surface area contributed by atoms with Crippen molar-refractivity contribution in [3.8, 4) is 0 Å². The van der Waals surface area contributed by atoms with Crippen LogP contribution in [0.1, 0.15) is 43.7 Å². The number of nitrogens with zero attached hydrogens (tertiary/aromatic N) is 2. The van der Waals surface area contributed by atoms with Crippen LogP contribution in [-0.2, 0) is 15.1 Å². The summed E-state index contributed by atoms with van der Waals surface area (Å²) in [6.07, 6.45) is 6.06. The average molecular weight is 418 g/mol. The van der Waals surface area contributed by atoms with Crippen LogP contribution in [0, 0.1) is 0 Å². The Balaban J connectivity index is 1.66. The molecule has 31 heavy (non-hydrogen) atoms. The highest BCUT2D eigenvalue weighted by Crippen LogP contribution is 2.36. The lowest BCUT2D eigenvalue weighted by Crippen LogP contribution is -2.46. The maximum Gasteiger partial charge on any atom is 0.326 e. The van der Waals surface area contributed by atoms with Crippen LogP contribution in [0.3, 0.4) is 0 Å². The lowest BCUT2D eigenvalue weighted by molar-refractivity contribution is -0.137. The molecule has 4 amide bonds. The van der Waals surface area contributed by atoms with Gasteiger partial charge in [0, 0.05) is 12.2 Å². The van der Waals surface area contributed by atoms with E-state index in [0.717, 1.165) is 36.3 Å². The van der Waals surface area contributed by atoms with Gasteiger partial charge in [-0.25, -0.2) is 4.79 Å². The van der Waals surface area contributed by atoms with E-state index in [9.17, 15) is 14.4 Å². The molecule has 2 aliphatic rings. The zero-order chi connectivity index (χ0) is 21.8. The van der Waals surface area contributed by atoms with Crippen molar-refractivity contribution in [2.45, 2.75) is 38.1 Å². The van der Waals surface area contributed by atoms with Gasteiger partial charge in [0.1, 0.15) is 6.54 Å². The van der Waals surface area contributed by atoms with Gasteiger partial charge >= 0.3 is 6.03 Å². The van der Waals surface area contributed by atoms with E-state index in [0.29, 0.717) is 17.7 Å². The molecule has 0 aromatic heterocycles. The maximum absolute atomic E-state index is 13.7. The monoisotopic (exact) mass is 417 g/mol. The number of benzene rings is 2. The van der Waals surface area contributed by atoms with Gasteiger partial charge in [0.05, 0.1) is 0 Å². The number of imide groups is 1. The summed E-state index contributed by atoms with van der Waals surface area (Å²) in [6.45, 7) is 2.14. The van der Waals surface area contributed by atoms with Crippen molar-refractivity contribution in [1.82, 2.24) is 15.1 Å². The normalized spacial score (nSPS) is 17.8. The van der Waals surface area contributed by atoms with Crippen LogP contribution in [-0.4, -0.2) is 40.7 Å². The minimum absolute atomic E-state index is 0.240. The molecular formula is C25H27N3O3. The summed E-state index contributed by atoms with van der Waals surface area (Å²) in [5.74, 6) is -0.673. The molecule has 1 fully saturated rings. The molecule has 2 aromatic carbocycles. The number of carbonyl (C=O) groups is 3. The number of carbonyl (C=O) groups excluding carboxylic acids is 3. The molecule has 1 aliphatic carbocycles. The first-order valence-electron chi connectivity index (χ1n) is 10.8. The first kappa shape index (κ1) is 20.8. The third-order valence-corrected chi connectivity index (χ3v) is 6.04. The summed E-state index contributed by atoms with van der Waals surface area (Å²) in [5.41, 5.74) is 0.970. The quantitative estimate of drug-likeness (QED) is 0.727. The number of allylic oxidation sites excluding steroid dienone is 2.